The van der Waals surface area contributed by atoms with Gasteiger partial charge in [-0.05, 0) is 105 Å². The molecule has 1 amide bonds. The van der Waals surface area contributed by atoms with E-state index >= 15 is 0 Å². The zero-order chi connectivity index (χ0) is 29.4. The van der Waals surface area contributed by atoms with Crippen molar-refractivity contribution in [2.75, 3.05) is 26.2 Å². The van der Waals surface area contributed by atoms with Gasteiger partial charge >= 0.3 is 6.18 Å². The molecule has 3 aromatic rings. The van der Waals surface area contributed by atoms with Gasteiger partial charge in [0.2, 0.25) is 0 Å². The number of carbonyl (C=O) groups excluding carboxylic acids is 1. The van der Waals surface area contributed by atoms with Crippen LogP contribution in [0.15, 0.2) is 71.7 Å². The molecule has 0 N–H and O–H groups in total. The molecule has 0 saturated carbocycles. The van der Waals surface area contributed by atoms with Crippen molar-refractivity contribution in [2.24, 2.45) is 4.99 Å². The van der Waals surface area contributed by atoms with Crippen molar-refractivity contribution in [3.8, 4) is 0 Å². The zero-order valence-electron chi connectivity index (χ0n) is 22.4. The molecule has 1 saturated heterocycles. The molecule has 0 aromatic heterocycles. The van der Waals surface area contributed by atoms with Crippen LogP contribution in [0.1, 0.15) is 54.4 Å². The van der Waals surface area contributed by atoms with E-state index in [1.54, 1.807) is 11.8 Å². The summed E-state index contributed by atoms with van der Waals surface area (Å²) in [7, 11) is 0. The van der Waals surface area contributed by atoms with Gasteiger partial charge in [-0.3, -0.25) is 9.69 Å². The molecule has 41 heavy (non-hydrogen) atoms. The van der Waals surface area contributed by atoms with Gasteiger partial charge in [0, 0.05) is 6.54 Å². The first-order valence-corrected chi connectivity index (χ1v) is 13.5. The lowest BCUT2D eigenvalue weighted by molar-refractivity contribution is -0.138. The number of benzene rings is 3. The van der Waals surface area contributed by atoms with Gasteiger partial charge in [-0.1, -0.05) is 30.3 Å². The van der Waals surface area contributed by atoms with Crippen LogP contribution in [0, 0.1) is 17.5 Å². The summed E-state index contributed by atoms with van der Waals surface area (Å²) in [5, 5.41) is 0. The fourth-order valence-corrected chi connectivity index (χ4v) is 5.93. The molecule has 5 rings (SSSR count). The first-order valence-electron chi connectivity index (χ1n) is 13.5. The third-order valence-electron chi connectivity index (χ3n) is 8.00. The molecule has 4 nitrogen and oxygen atoms in total. The molecular weight excluding hydrogens is 544 g/mol. The molecule has 1 fully saturated rings. The van der Waals surface area contributed by atoms with Crippen molar-refractivity contribution in [1.82, 2.24) is 9.80 Å². The smallest absolute Gasteiger partial charge is 0.303 e. The highest BCUT2D eigenvalue weighted by Gasteiger charge is 2.49. The normalized spacial score (nSPS) is 18.2. The number of carbonyl (C=O) groups is 1. The number of alkyl halides is 3. The van der Waals surface area contributed by atoms with Crippen LogP contribution in [-0.4, -0.2) is 47.7 Å². The van der Waals surface area contributed by atoms with Crippen LogP contribution in [0.25, 0.3) is 0 Å². The Morgan fingerprint density at radius 3 is 1.90 bits per heavy atom. The van der Waals surface area contributed by atoms with Gasteiger partial charge < -0.3 is 4.90 Å². The largest absolute Gasteiger partial charge is 0.416 e. The molecule has 0 aliphatic carbocycles. The predicted molar refractivity (Wildman–Crippen MR) is 143 cm³/mol. The number of halogens is 6. The molecule has 2 aliphatic rings. The van der Waals surface area contributed by atoms with E-state index in [1.807, 2.05) is 0 Å². The number of nitrogens with zero attached hydrogens (tertiary/aromatic N) is 3. The lowest BCUT2D eigenvalue weighted by atomic mass is 9.82. The number of aliphatic imine (C=N–C) groups is 1. The molecular formula is C31H29F6N3O. The highest BCUT2D eigenvalue weighted by molar-refractivity contribution is 6.09. The third-order valence-corrected chi connectivity index (χ3v) is 8.00. The van der Waals surface area contributed by atoms with Crippen LogP contribution in [0.2, 0.25) is 0 Å². The maximum atomic E-state index is 13.9. The van der Waals surface area contributed by atoms with E-state index in [-0.39, 0.29) is 17.4 Å². The number of piperidine rings is 1. The van der Waals surface area contributed by atoms with Crippen LogP contribution in [-0.2, 0) is 16.5 Å². The van der Waals surface area contributed by atoms with Crippen molar-refractivity contribution in [1.29, 1.82) is 0 Å². The van der Waals surface area contributed by atoms with Gasteiger partial charge in [0.05, 0.1) is 5.56 Å². The zero-order valence-corrected chi connectivity index (χ0v) is 22.4. The first kappa shape index (κ1) is 28.9. The maximum Gasteiger partial charge on any atom is 0.416 e. The van der Waals surface area contributed by atoms with Gasteiger partial charge in [-0.15, -0.1) is 0 Å². The predicted octanol–water partition coefficient (Wildman–Crippen LogP) is 6.90. The summed E-state index contributed by atoms with van der Waals surface area (Å²) in [6.07, 6.45) is -3.00. The number of rotatable bonds is 7. The van der Waals surface area contributed by atoms with E-state index < -0.39 is 34.7 Å². The van der Waals surface area contributed by atoms with Crippen molar-refractivity contribution < 1.29 is 31.1 Å². The number of amidine groups is 1. The second-order valence-corrected chi connectivity index (χ2v) is 10.5. The van der Waals surface area contributed by atoms with Gasteiger partial charge in [0.1, 0.15) is 23.3 Å². The van der Waals surface area contributed by atoms with E-state index in [0.29, 0.717) is 68.5 Å². The molecule has 2 heterocycles. The standard InChI is InChI=1S/C31H29F6N3O/c1-20-38-30(22-3-7-24(32)8-4-22,23-5-9-25(33)10-6-23)29(41)40(20)16-2-15-39-17-13-21(14-18-39)27-12-11-26(34)19-28(27)31(35,36)37/h3-12,19,21H,2,13-18H2,1H3. The van der Waals surface area contributed by atoms with Crippen molar-refractivity contribution in [3.05, 3.63) is 106 Å². The summed E-state index contributed by atoms with van der Waals surface area (Å²) in [5.41, 5.74) is -1.30. The lowest BCUT2D eigenvalue weighted by Gasteiger charge is -2.33. The van der Waals surface area contributed by atoms with Crippen LogP contribution >= 0.6 is 0 Å². The summed E-state index contributed by atoms with van der Waals surface area (Å²) >= 11 is 0. The summed E-state index contributed by atoms with van der Waals surface area (Å²) in [5.74, 6) is -1.96. The Kier molecular flexibility index (Phi) is 7.96. The van der Waals surface area contributed by atoms with Crippen molar-refractivity contribution in [3.63, 3.8) is 0 Å². The van der Waals surface area contributed by atoms with E-state index in [9.17, 15) is 31.1 Å². The van der Waals surface area contributed by atoms with Gasteiger partial charge in [0.25, 0.3) is 5.91 Å². The van der Waals surface area contributed by atoms with E-state index in [1.165, 1.54) is 54.6 Å². The molecule has 10 heteroatoms. The molecule has 2 aliphatic heterocycles. The maximum absolute atomic E-state index is 13.9. The average Bonchev–Trinajstić information content (AvgIpc) is 3.19. The van der Waals surface area contributed by atoms with Crippen LogP contribution in [0.4, 0.5) is 26.3 Å². The average molecular weight is 574 g/mol. The Balaban J connectivity index is 1.24. The van der Waals surface area contributed by atoms with Crippen molar-refractivity contribution in [2.45, 2.75) is 43.8 Å². The Morgan fingerprint density at radius 1 is 0.829 bits per heavy atom. The summed E-state index contributed by atoms with van der Waals surface area (Å²) in [6, 6.07) is 13.9. The highest BCUT2D eigenvalue weighted by Crippen LogP contribution is 2.41. The number of amides is 1. The Hall–Kier alpha value is -3.66. The molecule has 0 unspecified atom stereocenters. The van der Waals surface area contributed by atoms with Gasteiger partial charge in [-0.25, -0.2) is 18.2 Å². The second-order valence-electron chi connectivity index (χ2n) is 10.5. The summed E-state index contributed by atoms with van der Waals surface area (Å²) < 4.78 is 81.4. The minimum atomic E-state index is -4.62. The first-order chi connectivity index (χ1) is 19.5. The minimum Gasteiger partial charge on any atom is -0.303 e. The fourth-order valence-electron chi connectivity index (χ4n) is 5.93. The van der Waals surface area contributed by atoms with Crippen LogP contribution in [0.3, 0.4) is 0 Å². The SMILES string of the molecule is CC1=NC(c2ccc(F)cc2)(c2ccc(F)cc2)C(=O)N1CCCN1CCC(c2ccc(F)cc2C(F)(F)F)CC1. The Morgan fingerprint density at radius 2 is 1.37 bits per heavy atom. The second kappa shape index (κ2) is 11.3. The van der Waals surface area contributed by atoms with Crippen molar-refractivity contribution >= 4 is 11.7 Å². The van der Waals surface area contributed by atoms with Gasteiger partial charge in [0.15, 0.2) is 5.54 Å². The fraction of sp³-hybridized carbons (Fsp3) is 0.355. The number of likely N-dealkylation sites (tertiary alicyclic amines) is 1. The molecule has 0 radical (unpaired) electrons. The topological polar surface area (TPSA) is 35.9 Å². The Bertz CT molecular complexity index is 1380. The lowest BCUT2D eigenvalue weighted by Crippen LogP contribution is -2.43. The Labute approximate surface area is 234 Å². The minimum absolute atomic E-state index is 0.131. The molecule has 3 aromatic carbocycles. The van der Waals surface area contributed by atoms with Crippen LogP contribution in [0.5, 0.6) is 0 Å². The highest BCUT2D eigenvalue weighted by atomic mass is 19.4. The number of hydrogen-bond acceptors (Lipinski definition) is 3. The third kappa shape index (κ3) is 5.75. The molecule has 0 spiro atoms. The van der Waals surface area contributed by atoms with E-state index in [0.717, 1.165) is 6.07 Å². The quantitative estimate of drug-likeness (QED) is 0.289. The summed E-state index contributed by atoms with van der Waals surface area (Å²) in [6.45, 7) is 3.86. The van der Waals surface area contributed by atoms with E-state index in [4.69, 9.17) is 4.99 Å². The molecule has 0 atom stereocenters. The summed E-state index contributed by atoms with van der Waals surface area (Å²) in [4.78, 5) is 22.4. The monoisotopic (exact) mass is 573 g/mol. The molecule has 216 valence electrons. The number of hydrogen-bond donors (Lipinski definition) is 0. The molecule has 0 bridgehead atoms. The van der Waals surface area contributed by atoms with E-state index in [2.05, 4.69) is 4.90 Å². The van der Waals surface area contributed by atoms with Gasteiger partial charge in [-0.2, -0.15) is 13.2 Å². The van der Waals surface area contributed by atoms with Crippen LogP contribution < -0.4 is 0 Å².